The molecule has 0 bridgehead atoms. The Hall–Kier alpha value is -0.890. The van der Waals surface area contributed by atoms with E-state index in [1.54, 1.807) is 0 Å². The van der Waals surface area contributed by atoms with Gasteiger partial charge in [0, 0.05) is 13.0 Å². The molecule has 54 heavy (non-hydrogen) atoms. The lowest BCUT2D eigenvalue weighted by Gasteiger charge is -2.09. The third-order valence-electron chi connectivity index (χ3n) is 8.84. The zero-order chi connectivity index (χ0) is 38.9. The van der Waals surface area contributed by atoms with Crippen LogP contribution in [0, 0.1) is 0 Å². The van der Waals surface area contributed by atoms with Gasteiger partial charge in [0.2, 0.25) is 0 Å². The molecule has 0 aliphatic carbocycles. The predicted molar refractivity (Wildman–Crippen MR) is 217 cm³/mol. The molecule has 0 atom stereocenters. The van der Waals surface area contributed by atoms with Gasteiger partial charge in [-0.25, -0.2) is 0 Å². The van der Waals surface area contributed by atoms with Crippen molar-refractivity contribution in [3.8, 4) is 0 Å². The molecule has 0 aliphatic heterocycles. The van der Waals surface area contributed by atoms with Crippen molar-refractivity contribution in [1.29, 1.82) is 0 Å². The molecule has 0 unspecified atom stereocenters. The van der Waals surface area contributed by atoms with Gasteiger partial charge in [0.05, 0.1) is 112 Å². The van der Waals surface area contributed by atoms with Gasteiger partial charge in [-0.05, 0) is 12.8 Å². The molecule has 0 fully saturated rings. The lowest BCUT2D eigenvalue weighted by molar-refractivity contribution is -0.145. The van der Waals surface area contributed by atoms with Crippen LogP contribution in [0.1, 0.15) is 149 Å². The first-order valence-electron chi connectivity index (χ1n) is 22.2. The fraction of sp³-hybridized carbons (Fsp3) is 0.977. The second-order valence-electron chi connectivity index (χ2n) is 13.8. The fourth-order valence-corrected chi connectivity index (χ4v) is 5.60. The van der Waals surface area contributed by atoms with Gasteiger partial charge in [-0.2, -0.15) is 0 Å². The van der Waals surface area contributed by atoms with Crippen LogP contribution in [0.5, 0.6) is 0 Å². The minimum absolute atomic E-state index is 0.136. The van der Waals surface area contributed by atoms with E-state index in [0.717, 1.165) is 25.9 Å². The molecule has 0 rings (SSSR count). The Kier molecular flexibility index (Phi) is 49.3. The summed E-state index contributed by atoms with van der Waals surface area (Å²) in [6, 6.07) is 0. The van der Waals surface area contributed by atoms with E-state index in [4.69, 9.17) is 47.4 Å². The first kappa shape index (κ1) is 53.1. The number of hydrogen-bond donors (Lipinski definition) is 0. The molecule has 11 nitrogen and oxygen atoms in total. The molecule has 0 aromatic heterocycles. The highest BCUT2D eigenvalue weighted by Crippen LogP contribution is 2.12. The monoisotopic (exact) mass is 779 g/mol. The normalized spacial score (nSPS) is 11.5. The lowest BCUT2D eigenvalue weighted by Crippen LogP contribution is -2.15. The lowest BCUT2D eigenvalue weighted by atomic mass is 10.0. The van der Waals surface area contributed by atoms with Crippen LogP contribution in [0.15, 0.2) is 0 Å². The Labute approximate surface area is 331 Å². The van der Waals surface area contributed by atoms with E-state index in [-0.39, 0.29) is 5.97 Å². The topological polar surface area (TPSA) is 109 Å². The van der Waals surface area contributed by atoms with Gasteiger partial charge in [0.15, 0.2) is 0 Å². The van der Waals surface area contributed by atoms with E-state index >= 15 is 0 Å². The van der Waals surface area contributed by atoms with E-state index in [1.807, 2.05) is 0 Å². The molecule has 0 N–H and O–H groups in total. The van der Waals surface area contributed by atoms with Gasteiger partial charge in [-0.1, -0.05) is 129 Å². The summed E-state index contributed by atoms with van der Waals surface area (Å²) < 4.78 is 55.0. The summed E-state index contributed by atoms with van der Waals surface area (Å²) >= 11 is 0. The van der Waals surface area contributed by atoms with Gasteiger partial charge >= 0.3 is 5.97 Å². The molecule has 11 heteroatoms. The van der Waals surface area contributed by atoms with Crippen LogP contribution in [-0.2, 0) is 52.2 Å². The average molecular weight is 779 g/mol. The predicted octanol–water partition coefficient (Wildman–Crippen LogP) is 8.91. The molecule has 0 aromatic carbocycles. The third kappa shape index (κ3) is 49.1. The van der Waals surface area contributed by atoms with Gasteiger partial charge in [0.1, 0.15) is 6.61 Å². The largest absolute Gasteiger partial charge is 0.463 e. The fourth-order valence-electron chi connectivity index (χ4n) is 5.60. The number of unbranched alkanes of at least 4 members (excludes halogenated alkanes) is 18. The van der Waals surface area contributed by atoms with Crippen molar-refractivity contribution in [3.05, 3.63) is 0 Å². The highest BCUT2D eigenvalue weighted by atomic mass is 16.6. The van der Waals surface area contributed by atoms with Crippen molar-refractivity contribution in [3.63, 3.8) is 0 Å². The minimum atomic E-state index is -0.136. The highest BCUT2D eigenvalue weighted by molar-refractivity contribution is 5.69. The summed E-state index contributed by atoms with van der Waals surface area (Å²) in [5.41, 5.74) is 0. The van der Waals surface area contributed by atoms with E-state index in [1.165, 1.54) is 109 Å². The molecule has 0 saturated carbocycles. The first-order valence-corrected chi connectivity index (χ1v) is 22.2. The number of carbonyl (C=O) groups is 1. The van der Waals surface area contributed by atoms with Crippen LogP contribution < -0.4 is 0 Å². The van der Waals surface area contributed by atoms with Crippen LogP contribution in [0.4, 0.5) is 0 Å². The van der Waals surface area contributed by atoms with Crippen molar-refractivity contribution < 1.29 is 52.2 Å². The average Bonchev–Trinajstić information content (AvgIpc) is 3.18. The van der Waals surface area contributed by atoms with Crippen molar-refractivity contribution in [2.24, 2.45) is 0 Å². The Balaban J connectivity index is 3.09. The van der Waals surface area contributed by atoms with Crippen molar-refractivity contribution >= 4 is 5.97 Å². The second kappa shape index (κ2) is 50.1. The molecule has 0 aliphatic rings. The van der Waals surface area contributed by atoms with E-state index < -0.39 is 0 Å². The zero-order valence-electron chi connectivity index (χ0n) is 35.3. The van der Waals surface area contributed by atoms with E-state index in [2.05, 4.69) is 13.8 Å². The maximum Gasteiger partial charge on any atom is 0.305 e. The standard InChI is InChI=1S/C43H86O11/c1-3-5-7-9-11-12-13-14-15-16-18-20-22-24-45-25-26-46-27-28-47-29-30-48-31-32-49-33-34-50-35-36-51-37-38-52-39-40-53-41-42-54-43(44)23-21-19-17-10-8-6-4-2/h3-42H2,1-2H3. The van der Waals surface area contributed by atoms with Crippen molar-refractivity contribution in [2.75, 3.05) is 126 Å². The van der Waals surface area contributed by atoms with Gasteiger partial charge in [-0.3, -0.25) is 4.79 Å². The highest BCUT2D eigenvalue weighted by Gasteiger charge is 2.03. The van der Waals surface area contributed by atoms with Crippen LogP contribution >= 0.6 is 0 Å². The summed E-state index contributed by atoms with van der Waals surface area (Å²) in [6.07, 6.45) is 26.6. The maximum absolute atomic E-state index is 11.7. The molecule has 324 valence electrons. The van der Waals surface area contributed by atoms with Crippen LogP contribution in [-0.4, -0.2) is 132 Å². The second-order valence-corrected chi connectivity index (χ2v) is 13.8. The van der Waals surface area contributed by atoms with E-state index in [9.17, 15) is 4.79 Å². The Bertz CT molecular complexity index is 686. The van der Waals surface area contributed by atoms with E-state index in [0.29, 0.717) is 125 Å². The molecular weight excluding hydrogens is 692 g/mol. The zero-order valence-corrected chi connectivity index (χ0v) is 35.3. The van der Waals surface area contributed by atoms with Gasteiger partial charge in [0.25, 0.3) is 0 Å². The van der Waals surface area contributed by atoms with Crippen LogP contribution in [0.3, 0.4) is 0 Å². The summed E-state index contributed by atoms with van der Waals surface area (Å²) in [5, 5.41) is 0. The van der Waals surface area contributed by atoms with Gasteiger partial charge in [-0.15, -0.1) is 0 Å². The molecule has 0 saturated heterocycles. The van der Waals surface area contributed by atoms with Crippen molar-refractivity contribution in [1.82, 2.24) is 0 Å². The Morgan fingerprint density at radius 1 is 0.259 bits per heavy atom. The summed E-state index contributed by atoms with van der Waals surface area (Å²) in [7, 11) is 0. The molecule has 0 spiro atoms. The SMILES string of the molecule is CCCCCCCCCCCCCCCOCCOCCOCCOCCOCCOCCOCCOCCOCCOC(=O)CCCCCCCCC. The van der Waals surface area contributed by atoms with Gasteiger partial charge < -0.3 is 47.4 Å². The number of carbonyl (C=O) groups excluding carboxylic acids is 1. The van der Waals surface area contributed by atoms with Crippen molar-refractivity contribution in [2.45, 2.75) is 149 Å². The third-order valence-corrected chi connectivity index (χ3v) is 8.84. The molecule has 0 heterocycles. The molecule has 0 amide bonds. The van der Waals surface area contributed by atoms with Crippen LogP contribution in [0.25, 0.3) is 0 Å². The maximum atomic E-state index is 11.7. The quantitative estimate of drug-likeness (QED) is 0.0436. The summed E-state index contributed by atoms with van der Waals surface area (Å²) in [4.78, 5) is 11.7. The molecular formula is C43H86O11. The van der Waals surface area contributed by atoms with Crippen LogP contribution in [0.2, 0.25) is 0 Å². The number of esters is 1. The smallest absolute Gasteiger partial charge is 0.305 e. The first-order chi connectivity index (χ1) is 26.8. The Morgan fingerprint density at radius 2 is 0.481 bits per heavy atom. The summed E-state index contributed by atoms with van der Waals surface area (Å²) in [5.74, 6) is -0.136. The Morgan fingerprint density at radius 3 is 0.778 bits per heavy atom. The summed E-state index contributed by atoms with van der Waals surface area (Å²) in [6.45, 7) is 14.5. The number of ether oxygens (including phenoxy) is 10. The molecule has 0 aromatic rings. The minimum Gasteiger partial charge on any atom is -0.463 e. The number of rotatable bonds is 49. The number of hydrogen-bond acceptors (Lipinski definition) is 11. The molecule has 0 radical (unpaired) electrons.